The summed E-state index contributed by atoms with van der Waals surface area (Å²) in [5.74, 6) is 0. The summed E-state index contributed by atoms with van der Waals surface area (Å²) in [5, 5.41) is 9.30. The van der Waals surface area contributed by atoms with Gasteiger partial charge in [0.1, 0.15) is 11.7 Å². The van der Waals surface area contributed by atoms with Crippen molar-refractivity contribution < 1.29 is 24.2 Å². The van der Waals surface area contributed by atoms with Crippen LogP contribution in [0.25, 0.3) is 0 Å². The Balaban J connectivity index is 2.71. The summed E-state index contributed by atoms with van der Waals surface area (Å²) in [4.78, 5) is 27.9. The molecule has 0 aliphatic carbocycles. The largest absolute Gasteiger partial charge is 0.444 e. The van der Waals surface area contributed by atoms with Gasteiger partial charge in [0.15, 0.2) is 0 Å². The second kappa shape index (κ2) is 10.8. The highest BCUT2D eigenvalue weighted by Gasteiger charge is 2.35. The highest BCUT2D eigenvalue weighted by atomic mass is 16.6. The Morgan fingerprint density at radius 2 is 2.07 bits per heavy atom. The molecule has 0 aromatic heterocycles. The molecule has 27 heavy (non-hydrogen) atoms. The van der Waals surface area contributed by atoms with Gasteiger partial charge in [-0.25, -0.2) is 9.59 Å². The van der Waals surface area contributed by atoms with Crippen molar-refractivity contribution in [1.29, 1.82) is 0 Å². The molecule has 1 unspecified atom stereocenters. The zero-order valence-electron chi connectivity index (χ0n) is 16.6. The molecule has 0 aromatic rings. The van der Waals surface area contributed by atoms with Gasteiger partial charge in [0, 0.05) is 26.1 Å². The molecule has 1 fully saturated rings. The Bertz CT molecular complexity index is 553. The molecule has 0 spiro atoms. The van der Waals surface area contributed by atoms with Crippen LogP contribution in [0.5, 0.6) is 0 Å². The van der Waals surface area contributed by atoms with Crippen molar-refractivity contribution in [3.05, 3.63) is 37.5 Å². The van der Waals surface area contributed by atoms with E-state index < -0.39 is 23.9 Å². The average molecular weight is 380 g/mol. The van der Waals surface area contributed by atoms with Crippen LogP contribution in [0.4, 0.5) is 9.59 Å². The number of hydrogen-bond donors (Lipinski definition) is 1. The SMILES string of the molecule is C=C/C=C/C(CC=C)OC(=O)N1CC[C@H](N(CCO)C(=O)OC(C)(C)C)C1. The molecular weight excluding hydrogens is 348 g/mol. The number of ether oxygens (including phenoxy) is 2. The first-order valence-electron chi connectivity index (χ1n) is 9.18. The van der Waals surface area contributed by atoms with Crippen molar-refractivity contribution in [2.75, 3.05) is 26.2 Å². The lowest BCUT2D eigenvalue weighted by atomic mass is 10.2. The molecule has 2 atom stereocenters. The Labute approximate surface area is 161 Å². The van der Waals surface area contributed by atoms with Crippen molar-refractivity contribution in [2.45, 2.75) is 51.4 Å². The molecule has 7 nitrogen and oxygen atoms in total. The maximum absolute atomic E-state index is 12.4. The molecule has 1 aliphatic heterocycles. The number of hydrogen-bond acceptors (Lipinski definition) is 5. The second-order valence-electron chi connectivity index (χ2n) is 7.35. The third kappa shape index (κ3) is 7.86. The Hall–Kier alpha value is -2.28. The van der Waals surface area contributed by atoms with Crippen molar-refractivity contribution in [2.24, 2.45) is 0 Å². The second-order valence-corrected chi connectivity index (χ2v) is 7.35. The summed E-state index contributed by atoms with van der Waals surface area (Å²) in [5.41, 5.74) is -0.628. The van der Waals surface area contributed by atoms with Gasteiger partial charge in [-0.3, -0.25) is 0 Å². The van der Waals surface area contributed by atoms with Gasteiger partial charge in [-0.05, 0) is 33.3 Å². The Kier molecular flexibility index (Phi) is 9.08. The Morgan fingerprint density at radius 1 is 1.37 bits per heavy atom. The quantitative estimate of drug-likeness (QED) is 0.517. The van der Waals surface area contributed by atoms with E-state index in [-0.39, 0.29) is 19.2 Å². The molecule has 0 radical (unpaired) electrons. The summed E-state index contributed by atoms with van der Waals surface area (Å²) >= 11 is 0. The molecule has 1 heterocycles. The molecule has 7 heteroatoms. The molecule has 2 amide bonds. The average Bonchev–Trinajstić information content (AvgIpc) is 3.05. The number of allylic oxidation sites excluding steroid dienone is 2. The summed E-state index contributed by atoms with van der Waals surface area (Å²) in [6.07, 6.45) is 6.53. The van der Waals surface area contributed by atoms with Crippen LogP contribution in [0.3, 0.4) is 0 Å². The topological polar surface area (TPSA) is 79.3 Å². The number of rotatable bonds is 8. The van der Waals surface area contributed by atoms with Crippen LogP contribution in [0.2, 0.25) is 0 Å². The predicted molar refractivity (Wildman–Crippen MR) is 104 cm³/mol. The lowest BCUT2D eigenvalue weighted by molar-refractivity contribution is 0.0126. The van der Waals surface area contributed by atoms with Crippen LogP contribution in [-0.4, -0.2) is 71.1 Å². The van der Waals surface area contributed by atoms with Crippen molar-refractivity contribution >= 4 is 12.2 Å². The molecule has 0 bridgehead atoms. The molecule has 1 saturated heterocycles. The maximum atomic E-state index is 12.4. The normalized spacial score (nSPS) is 18.2. The van der Waals surface area contributed by atoms with Gasteiger partial charge >= 0.3 is 12.2 Å². The van der Waals surface area contributed by atoms with Crippen molar-refractivity contribution in [1.82, 2.24) is 9.80 Å². The molecule has 0 saturated carbocycles. The number of amides is 2. The van der Waals surface area contributed by atoms with Gasteiger partial charge < -0.3 is 24.4 Å². The highest BCUT2D eigenvalue weighted by Crippen LogP contribution is 2.20. The van der Waals surface area contributed by atoms with E-state index in [0.29, 0.717) is 25.9 Å². The fourth-order valence-corrected chi connectivity index (χ4v) is 2.75. The van der Waals surface area contributed by atoms with Crippen molar-refractivity contribution in [3.8, 4) is 0 Å². The van der Waals surface area contributed by atoms with E-state index in [9.17, 15) is 14.7 Å². The number of nitrogens with zero attached hydrogens (tertiary/aromatic N) is 2. The van der Waals surface area contributed by atoms with Crippen LogP contribution in [0.15, 0.2) is 37.5 Å². The van der Waals surface area contributed by atoms with E-state index in [1.54, 1.807) is 50.0 Å². The van der Waals surface area contributed by atoms with Crippen molar-refractivity contribution in [3.63, 3.8) is 0 Å². The first kappa shape index (κ1) is 22.8. The minimum Gasteiger partial charge on any atom is -0.444 e. The molecule has 1 N–H and O–H groups in total. The fourth-order valence-electron chi connectivity index (χ4n) is 2.75. The van der Waals surface area contributed by atoms with E-state index in [1.807, 2.05) is 0 Å². The van der Waals surface area contributed by atoms with E-state index in [0.717, 1.165) is 0 Å². The smallest absolute Gasteiger partial charge is 0.410 e. The van der Waals surface area contributed by atoms with Crippen LogP contribution < -0.4 is 0 Å². The van der Waals surface area contributed by atoms with E-state index >= 15 is 0 Å². The van der Waals surface area contributed by atoms with Gasteiger partial charge in [-0.2, -0.15) is 0 Å². The molecule has 1 aliphatic rings. The number of carbonyl (C=O) groups is 2. The third-order valence-electron chi connectivity index (χ3n) is 3.94. The summed E-state index contributed by atoms with van der Waals surface area (Å²) in [6, 6.07) is -0.221. The van der Waals surface area contributed by atoms with Gasteiger partial charge in [-0.1, -0.05) is 24.8 Å². The van der Waals surface area contributed by atoms with E-state index in [2.05, 4.69) is 13.2 Å². The third-order valence-corrected chi connectivity index (χ3v) is 3.94. The zero-order chi connectivity index (χ0) is 20.4. The van der Waals surface area contributed by atoms with Crippen LogP contribution in [0.1, 0.15) is 33.6 Å². The number of aliphatic hydroxyl groups is 1. The lowest BCUT2D eigenvalue weighted by Gasteiger charge is -2.31. The molecular formula is C20H32N2O5. The number of aliphatic hydroxyl groups excluding tert-OH is 1. The standard InChI is InChI=1S/C20H32N2O5/c1-6-8-10-17(9-7-2)26-18(24)21-12-11-16(15-21)22(13-14-23)19(25)27-20(3,4)5/h6-8,10,16-17,23H,1-2,9,11-15H2,3-5H3/b10-8+/t16-,17?/m0/s1. The maximum Gasteiger partial charge on any atom is 0.410 e. The predicted octanol–water partition coefficient (Wildman–Crippen LogP) is 3.11. The van der Waals surface area contributed by atoms with Gasteiger partial charge in [0.2, 0.25) is 0 Å². The number of likely N-dealkylation sites (tertiary alicyclic amines) is 1. The first-order valence-corrected chi connectivity index (χ1v) is 9.18. The lowest BCUT2D eigenvalue weighted by Crippen LogP contribution is -2.46. The van der Waals surface area contributed by atoms with Crippen LogP contribution in [0, 0.1) is 0 Å². The summed E-state index contributed by atoms with van der Waals surface area (Å²) < 4.78 is 10.9. The fraction of sp³-hybridized carbons (Fsp3) is 0.600. The first-order chi connectivity index (χ1) is 12.7. The van der Waals surface area contributed by atoms with Gasteiger partial charge in [0.05, 0.1) is 12.6 Å². The number of carbonyl (C=O) groups excluding carboxylic acids is 2. The van der Waals surface area contributed by atoms with E-state index in [4.69, 9.17) is 9.47 Å². The zero-order valence-corrected chi connectivity index (χ0v) is 16.6. The Morgan fingerprint density at radius 3 is 2.63 bits per heavy atom. The van der Waals surface area contributed by atoms with E-state index in [1.165, 1.54) is 4.90 Å². The minimum atomic E-state index is -0.628. The monoisotopic (exact) mass is 380 g/mol. The van der Waals surface area contributed by atoms with Crippen LogP contribution >= 0.6 is 0 Å². The molecule has 0 aromatic carbocycles. The highest BCUT2D eigenvalue weighted by molar-refractivity contribution is 5.70. The molecule has 152 valence electrons. The van der Waals surface area contributed by atoms with Gasteiger partial charge in [-0.15, -0.1) is 6.58 Å². The minimum absolute atomic E-state index is 0.156. The van der Waals surface area contributed by atoms with Gasteiger partial charge in [0.25, 0.3) is 0 Å². The summed E-state index contributed by atoms with van der Waals surface area (Å²) in [6.45, 7) is 13.4. The molecule has 1 rings (SSSR count). The van der Waals surface area contributed by atoms with Crippen LogP contribution in [-0.2, 0) is 9.47 Å². The summed E-state index contributed by atoms with van der Waals surface area (Å²) in [7, 11) is 0.